The second-order valence-corrected chi connectivity index (χ2v) is 4.29. The van der Waals surface area contributed by atoms with Crippen molar-refractivity contribution in [2.24, 2.45) is 11.7 Å². The average molecular weight is 236 g/mol. The normalized spacial score (nSPS) is 20.8. The van der Waals surface area contributed by atoms with Crippen LogP contribution in [-0.2, 0) is 4.74 Å². The Balaban J connectivity index is 1.85. The zero-order chi connectivity index (χ0) is 12.3. The Labute approximate surface area is 100 Å². The van der Waals surface area contributed by atoms with E-state index in [1.807, 2.05) is 13.0 Å². The number of benzene rings is 1. The van der Waals surface area contributed by atoms with Crippen LogP contribution >= 0.6 is 0 Å². The van der Waals surface area contributed by atoms with E-state index in [1.54, 1.807) is 12.1 Å². The molecule has 0 saturated carbocycles. The van der Waals surface area contributed by atoms with E-state index in [9.17, 15) is 4.39 Å². The molecule has 92 valence electrons. The van der Waals surface area contributed by atoms with Crippen molar-refractivity contribution in [1.29, 1.82) is 0 Å². The lowest BCUT2D eigenvalue weighted by Crippen LogP contribution is -2.19. The van der Waals surface area contributed by atoms with Crippen LogP contribution in [0.3, 0.4) is 0 Å². The standard InChI is InChI=1S/C13H17FN2O/c1-9(11-2-4-12(14)5-3-11)17-8-10-6-13(15)16-7-10/h2-6,9-10,16H,7-8,15H2,1H3/t9-,10+/m1/s1. The first-order chi connectivity index (χ1) is 8.15. The van der Waals surface area contributed by atoms with Crippen LogP contribution in [0.15, 0.2) is 36.2 Å². The number of hydrogen-bond donors (Lipinski definition) is 2. The van der Waals surface area contributed by atoms with Gasteiger partial charge in [0.15, 0.2) is 0 Å². The first-order valence-corrected chi connectivity index (χ1v) is 5.73. The highest BCUT2D eigenvalue weighted by Crippen LogP contribution is 2.19. The molecule has 1 heterocycles. The van der Waals surface area contributed by atoms with Gasteiger partial charge >= 0.3 is 0 Å². The van der Waals surface area contributed by atoms with Gasteiger partial charge in [0.1, 0.15) is 5.82 Å². The molecule has 0 unspecified atom stereocenters. The third-order valence-corrected chi connectivity index (χ3v) is 2.88. The van der Waals surface area contributed by atoms with E-state index in [4.69, 9.17) is 10.5 Å². The molecule has 3 nitrogen and oxygen atoms in total. The molecular weight excluding hydrogens is 219 g/mol. The van der Waals surface area contributed by atoms with Gasteiger partial charge < -0.3 is 15.8 Å². The molecule has 1 aromatic rings. The molecule has 0 aliphatic carbocycles. The smallest absolute Gasteiger partial charge is 0.123 e. The van der Waals surface area contributed by atoms with E-state index < -0.39 is 0 Å². The number of halogens is 1. The highest BCUT2D eigenvalue weighted by molar-refractivity contribution is 5.18. The molecular formula is C13H17FN2O. The fourth-order valence-corrected chi connectivity index (χ4v) is 1.83. The maximum absolute atomic E-state index is 12.8. The molecule has 2 rings (SSSR count). The molecule has 1 aromatic carbocycles. The predicted molar refractivity (Wildman–Crippen MR) is 64.5 cm³/mol. The minimum atomic E-state index is -0.225. The summed E-state index contributed by atoms with van der Waals surface area (Å²) in [5.41, 5.74) is 6.59. The Morgan fingerprint density at radius 2 is 2.18 bits per heavy atom. The molecule has 0 fully saturated rings. The van der Waals surface area contributed by atoms with Gasteiger partial charge in [0.05, 0.1) is 18.5 Å². The Morgan fingerprint density at radius 3 is 2.76 bits per heavy atom. The van der Waals surface area contributed by atoms with Gasteiger partial charge in [-0.3, -0.25) is 0 Å². The van der Waals surface area contributed by atoms with Crippen molar-refractivity contribution < 1.29 is 9.13 Å². The fraction of sp³-hybridized carbons (Fsp3) is 0.385. The highest BCUT2D eigenvalue weighted by Gasteiger charge is 2.15. The third kappa shape index (κ3) is 3.20. The summed E-state index contributed by atoms with van der Waals surface area (Å²) >= 11 is 0. The van der Waals surface area contributed by atoms with E-state index in [-0.39, 0.29) is 11.9 Å². The summed E-state index contributed by atoms with van der Waals surface area (Å²) < 4.78 is 18.5. The van der Waals surface area contributed by atoms with Gasteiger partial charge in [-0.1, -0.05) is 12.1 Å². The largest absolute Gasteiger partial charge is 0.386 e. The Morgan fingerprint density at radius 1 is 1.47 bits per heavy atom. The lowest BCUT2D eigenvalue weighted by Gasteiger charge is -2.15. The molecule has 17 heavy (non-hydrogen) atoms. The molecule has 4 heteroatoms. The average Bonchev–Trinajstić information content (AvgIpc) is 2.73. The van der Waals surface area contributed by atoms with Gasteiger partial charge in [0.25, 0.3) is 0 Å². The van der Waals surface area contributed by atoms with E-state index >= 15 is 0 Å². The Bertz CT molecular complexity index is 402. The lowest BCUT2D eigenvalue weighted by molar-refractivity contribution is 0.0510. The number of nitrogens with two attached hydrogens (primary N) is 1. The van der Waals surface area contributed by atoms with Gasteiger partial charge in [-0.15, -0.1) is 0 Å². The van der Waals surface area contributed by atoms with Crippen molar-refractivity contribution in [1.82, 2.24) is 5.32 Å². The predicted octanol–water partition coefficient (Wildman–Crippen LogP) is 1.92. The molecule has 0 saturated heterocycles. The summed E-state index contributed by atoms with van der Waals surface area (Å²) in [5, 5.41) is 3.05. The zero-order valence-corrected chi connectivity index (χ0v) is 9.82. The molecule has 3 N–H and O–H groups in total. The fourth-order valence-electron chi connectivity index (χ4n) is 1.83. The van der Waals surface area contributed by atoms with Crippen LogP contribution in [0.5, 0.6) is 0 Å². The number of nitrogens with one attached hydrogen (secondary N) is 1. The molecule has 0 spiro atoms. The van der Waals surface area contributed by atoms with Crippen molar-refractivity contribution in [2.75, 3.05) is 13.2 Å². The van der Waals surface area contributed by atoms with Crippen molar-refractivity contribution in [3.63, 3.8) is 0 Å². The van der Waals surface area contributed by atoms with E-state index in [2.05, 4.69) is 5.32 Å². The maximum Gasteiger partial charge on any atom is 0.123 e. The van der Waals surface area contributed by atoms with Crippen LogP contribution in [0.25, 0.3) is 0 Å². The van der Waals surface area contributed by atoms with Crippen molar-refractivity contribution in [2.45, 2.75) is 13.0 Å². The molecule has 0 aromatic heterocycles. The van der Waals surface area contributed by atoms with Crippen LogP contribution in [0, 0.1) is 11.7 Å². The SMILES string of the molecule is C[C@@H](OC[C@H]1C=C(N)NC1)c1ccc(F)cc1. The highest BCUT2D eigenvalue weighted by atomic mass is 19.1. The summed E-state index contributed by atoms with van der Waals surface area (Å²) in [6.45, 7) is 3.40. The zero-order valence-electron chi connectivity index (χ0n) is 9.82. The van der Waals surface area contributed by atoms with Gasteiger partial charge in [0.2, 0.25) is 0 Å². The second-order valence-electron chi connectivity index (χ2n) is 4.29. The summed E-state index contributed by atoms with van der Waals surface area (Å²) in [7, 11) is 0. The molecule has 0 amide bonds. The quantitative estimate of drug-likeness (QED) is 0.839. The van der Waals surface area contributed by atoms with Gasteiger partial charge in [0, 0.05) is 12.5 Å². The van der Waals surface area contributed by atoms with Crippen molar-refractivity contribution in [3.05, 3.63) is 47.5 Å². The van der Waals surface area contributed by atoms with Crippen LogP contribution in [0.2, 0.25) is 0 Å². The minimum Gasteiger partial charge on any atom is -0.386 e. The molecule has 1 aliphatic heterocycles. The van der Waals surface area contributed by atoms with Crippen LogP contribution in [-0.4, -0.2) is 13.2 Å². The molecule has 0 bridgehead atoms. The summed E-state index contributed by atoms with van der Waals surface area (Å²) in [6, 6.07) is 6.39. The van der Waals surface area contributed by atoms with Gasteiger partial charge in [-0.05, 0) is 30.7 Å². The number of hydrogen-bond acceptors (Lipinski definition) is 3. The Kier molecular flexibility index (Phi) is 3.64. The topological polar surface area (TPSA) is 47.3 Å². The van der Waals surface area contributed by atoms with Crippen LogP contribution in [0.1, 0.15) is 18.6 Å². The number of ether oxygens (including phenoxy) is 1. The Hall–Kier alpha value is -1.55. The number of rotatable bonds is 4. The maximum atomic E-state index is 12.8. The third-order valence-electron chi connectivity index (χ3n) is 2.88. The van der Waals surface area contributed by atoms with Crippen LogP contribution in [0.4, 0.5) is 4.39 Å². The van der Waals surface area contributed by atoms with Gasteiger partial charge in [-0.25, -0.2) is 4.39 Å². The molecule has 2 atom stereocenters. The first-order valence-electron chi connectivity index (χ1n) is 5.73. The summed E-state index contributed by atoms with van der Waals surface area (Å²) in [4.78, 5) is 0. The summed E-state index contributed by atoms with van der Waals surface area (Å²) in [6.07, 6.45) is 1.93. The van der Waals surface area contributed by atoms with Crippen molar-refractivity contribution >= 4 is 0 Å². The lowest BCUT2D eigenvalue weighted by atomic mass is 10.1. The molecule has 1 aliphatic rings. The minimum absolute atomic E-state index is 0.0363. The molecule has 0 radical (unpaired) electrons. The van der Waals surface area contributed by atoms with E-state index in [1.165, 1.54) is 12.1 Å². The van der Waals surface area contributed by atoms with Gasteiger partial charge in [-0.2, -0.15) is 0 Å². The van der Waals surface area contributed by atoms with Crippen LogP contribution < -0.4 is 11.1 Å². The van der Waals surface area contributed by atoms with E-state index in [0.717, 1.165) is 12.1 Å². The first kappa shape index (κ1) is 11.9. The summed E-state index contributed by atoms with van der Waals surface area (Å²) in [5.74, 6) is 0.808. The van der Waals surface area contributed by atoms with E-state index in [0.29, 0.717) is 18.3 Å². The second kappa shape index (κ2) is 5.19. The monoisotopic (exact) mass is 236 g/mol. The van der Waals surface area contributed by atoms with Crippen molar-refractivity contribution in [3.8, 4) is 0 Å².